The fourth-order valence-corrected chi connectivity index (χ4v) is 2.10. The number of thiocarbonyl (C=S) groups is 1. The largest absolute Gasteiger partial charge is 0.332 e. The molecule has 0 unspecified atom stereocenters. The van der Waals surface area contributed by atoms with Crippen LogP contribution in [0.2, 0.25) is 0 Å². The maximum absolute atomic E-state index is 11.9. The molecule has 0 aliphatic carbocycles. The first kappa shape index (κ1) is 13.7. The molecule has 0 bridgehead atoms. The fraction of sp³-hybridized carbons (Fsp3) is 0. The predicted molar refractivity (Wildman–Crippen MR) is 84.3 cm³/mol. The molecule has 0 aromatic heterocycles. The first-order valence-electron chi connectivity index (χ1n) is 5.58. The zero-order valence-electron chi connectivity index (χ0n) is 9.89. The second-order valence-corrected chi connectivity index (χ2v) is 5.11. The maximum Gasteiger partial charge on any atom is 0.257 e. The van der Waals surface area contributed by atoms with Crippen LogP contribution in [0.15, 0.2) is 59.1 Å². The second kappa shape index (κ2) is 6.45. The van der Waals surface area contributed by atoms with Gasteiger partial charge < -0.3 is 5.32 Å². The van der Waals surface area contributed by atoms with Crippen LogP contribution in [0, 0.1) is 0 Å². The van der Waals surface area contributed by atoms with Crippen LogP contribution in [0.4, 0.5) is 5.69 Å². The summed E-state index contributed by atoms with van der Waals surface area (Å²) < 4.78 is 0.849. The third kappa shape index (κ3) is 4.15. The lowest BCUT2D eigenvalue weighted by molar-refractivity contribution is 0.0977. The van der Waals surface area contributed by atoms with Crippen molar-refractivity contribution in [3.63, 3.8) is 0 Å². The van der Waals surface area contributed by atoms with Crippen molar-refractivity contribution < 1.29 is 4.79 Å². The quantitative estimate of drug-likeness (QED) is 0.825. The van der Waals surface area contributed by atoms with Crippen LogP contribution < -0.4 is 10.6 Å². The lowest BCUT2D eigenvalue weighted by Crippen LogP contribution is -2.34. The van der Waals surface area contributed by atoms with E-state index in [0.717, 1.165) is 10.2 Å². The van der Waals surface area contributed by atoms with Crippen molar-refractivity contribution in [2.45, 2.75) is 0 Å². The molecule has 2 aromatic carbocycles. The van der Waals surface area contributed by atoms with Crippen LogP contribution in [0.1, 0.15) is 10.4 Å². The van der Waals surface area contributed by atoms with Crippen LogP contribution in [0.5, 0.6) is 0 Å². The molecule has 2 N–H and O–H groups in total. The topological polar surface area (TPSA) is 41.1 Å². The van der Waals surface area contributed by atoms with Gasteiger partial charge in [-0.25, -0.2) is 0 Å². The molecule has 0 atom stereocenters. The molecule has 0 fully saturated rings. The van der Waals surface area contributed by atoms with Gasteiger partial charge in [0.15, 0.2) is 5.11 Å². The number of nitrogens with one attached hydrogen (secondary N) is 2. The van der Waals surface area contributed by atoms with Crippen LogP contribution in [0.3, 0.4) is 0 Å². The zero-order valence-corrected chi connectivity index (χ0v) is 12.3. The molecule has 0 saturated heterocycles. The standard InChI is InChI=1S/C14H11BrN2OS/c15-11-6-4-5-10(9-11)13(18)17-14(19)16-12-7-2-1-3-8-12/h1-9H,(H2,16,17,18,19). The highest BCUT2D eigenvalue weighted by Crippen LogP contribution is 2.11. The Hall–Kier alpha value is -1.72. The molecule has 0 radical (unpaired) electrons. The Labute approximate surface area is 125 Å². The Morgan fingerprint density at radius 2 is 1.79 bits per heavy atom. The van der Waals surface area contributed by atoms with Crippen molar-refractivity contribution in [3.8, 4) is 0 Å². The van der Waals surface area contributed by atoms with Gasteiger partial charge in [0.05, 0.1) is 0 Å². The molecular weight excluding hydrogens is 324 g/mol. The van der Waals surface area contributed by atoms with Gasteiger partial charge >= 0.3 is 0 Å². The second-order valence-electron chi connectivity index (χ2n) is 3.78. The predicted octanol–water partition coefficient (Wildman–Crippen LogP) is 3.58. The van der Waals surface area contributed by atoms with Gasteiger partial charge in [-0.3, -0.25) is 10.1 Å². The molecule has 5 heteroatoms. The number of hydrogen-bond acceptors (Lipinski definition) is 2. The van der Waals surface area contributed by atoms with Crippen molar-refractivity contribution in [2.75, 3.05) is 5.32 Å². The van der Waals surface area contributed by atoms with Gasteiger partial charge in [-0.1, -0.05) is 40.2 Å². The van der Waals surface area contributed by atoms with E-state index >= 15 is 0 Å². The van der Waals surface area contributed by atoms with E-state index in [1.54, 1.807) is 18.2 Å². The normalized spacial score (nSPS) is 9.74. The summed E-state index contributed by atoms with van der Waals surface area (Å²) >= 11 is 8.41. The summed E-state index contributed by atoms with van der Waals surface area (Å²) in [5.74, 6) is -0.241. The molecule has 1 amide bonds. The van der Waals surface area contributed by atoms with Crippen LogP contribution >= 0.6 is 28.1 Å². The van der Waals surface area contributed by atoms with Crippen molar-refractivity contribution in [1.82, 2.24) is 5.32 Å². The number of carbonyl (C=O) groups excluding carboxylic acids is 1. The van der Waals surface area contributed by atoms with E-state index in [2.05, 4.69) is 26.6 Å². The minimum Gasteiger partial charge on any atom is -0.332 e. The van der Waals surface area contributed by atoms with Gasteiger partial charge in [-0.2, -0.15) is 0 Å². The average molecular weight is 335 g/mol. The summed E-state index contributed by atoms with van der Waals surface area (Å²) in [6.45, 7) is 0. The van der Waals surface area contributed by atoms with E-state index in [4.69, 9.17) is 12.2 Å². The summed E-state index contributed by atoms with van der Waals surface area (Å²) in [7, 11) is 0. The lowest BCUT2D eigenvalue weighted by atomic mass is 10.2. The summed E-state index contributed by atoms with van der Waals surface area (Å²) in [6, 6.07) is 16.6. The summed E-state index contributed by atoms with van der Waals surface area (Å²) in [4.78, 5) is 11.9. The molecule has 0 heterocycles. The number of hydrogen-bond donors (Lipinski definition) is 2. The Kier molecular flexibility index (Phi) is 4.65. The fourth-order valence-electron chi connectivity index (χ4n) is 1.49. The summed E-state index contributed by atoms with van der Waals surface area (Å²) in [5, 5.41) is 5.85. The minimum atomic E-state index is -0.241. The highest BCUT2D eigenvalue weighted by atomic mass is 79.9. The molecule has 0 aliphatic rings. The number of halogens is 1. The van der Waals surface area contributed by atoms with E-state index in [1.807, 2.05) is 36.4 Å². The van der Waals surface area contributed by atoms with Gasteiger partial charge in [0.2, 0.25) is 0 Å². The van der Waals surface area contributed by atoms with E-state index in [9.17, 15) is 4.79 Å². The number of carbonyl (C=O) groups is 1. The van der Waals surface area contributed by atoms with Crippen LogP contribution in [-0.4, -0.2) is 11.0 Å². The monoisotopic (exact) mass is 334 g/mol. The van der Waals surface area contributed by atoms with Crippen molar-refractivity contribution in [3.05, 3.63) is 64.6 Å². The molecule has 3 nitrogen and oxygen atoms in total. The van der Waals surface area contributed by atoms with E-state index in [1.165, 1.54) is 0 Å². The first-order chi connectivity index (χ1) is 9.15. The van der Waals surface area contributed by atoms with Crippen molar-refractivity contribution in [2.24, 2.45) is 0 Å². The minimum absolute atomic E-state index is 0.241. The molecule has 0 spiro atoms. The highest BCUT2D eigenvalue weighted by molar-refractivity contribution is 9.10. The Morgan fingerprint density at radius 3 is 2.47 bits per heavy atom. The van der Waals surface area contributed by atoms with Gasteiger partial charge in [0.1, 0.15) is 0 Å². The Bertz CT molecular complexity index is 601. The molecule has 0 aliphatic heterocycles. The maximum atomic E-state index is 11.9. The van der Waals surface area contributed by atoms with Gasteiger partial charge in [-0.15, -0.1) is 0 Å². The summed E-state index contributed by atoms with van der Waals surface area (Å²) in [5.41, 5.74) is 1.38. The number of rotatable bonds is 2. The van der Waals surface area contributed by atoms with Crippen molar-refractivity contribution in [1.29, 1.82) is 0 Å². The highest BCUT2D eigenvalue weighted by Gasteiger charge is 2.07. The first-order valence-corrected chi connectivity index (χ1v) is 6.78. The van der Waals surface area contributed by atoms with Gasteiger partial charge in [-0.05, 0) is 42.5 Å². The molecule has 2 aromatic rings. The Balaban J connectivity index is 1.98. The number of amides is 1. The van der Waals surface area contributed by atoms with Crippen molar-refractivity contribution >= 4 is 44.9 Å². The van der Waals surface area contributed by atoms with Crippen LogP contribution in [-0.2, 0) is 0 Å². The zero-order chi connectivity index (χ0) is 13.7. The summed E-state index contributed by atoms with van der Waals surface area (Å²) in [6.07, 6.45) is 0. The van der Waals surface area contributed by atoms with Crippen LogP contribution in [0.25, 0.3) is 0 Å². The molecule has 19 heavy (non-hydrogen) atoms. The SMILES string of the molecule is O=C(NC(=S)Nc1ccccc1)c1cccc(Br)c1. The number of para-hydroxylation sites is 1. The third-order valence-corrected chi connectivity index (χ3v) is 3.04. The van der Waals surface area contributed by atoms with E-state index in [-0.39, 0.29) is 11.0 Å². The number of benzene rings is 2. The van der Waals surface area contributed by atoms with E-state index in [0.29, 0.717) is 5.56 Å². The Morgan fingerprint density at radius 1 is 1.05 bits per heavy atom. The number of anilines is 1. The molecule has 96 valence electrons. The molecular formula is C14H11BrN2OS. The van der Waals surface area contributed by atoms with Gasteiger partial charge in [0.25, 0.3) is 5.91 Å². The van der Waals surface area contributed by atoms with E-state index < -0.39 is 0 Å². The lowest BCUT2D eigenvalue weighted by Gasteiger charge is -2.09. The van der Waals surface area contributed by atoms with Gasteiger partial charge in [0, 0.05) is 15.7 Å². The third-order valence-electron chi connectivity index (χ3n) is 2.35. The molecule has 2 rings (SSSR count). The average Bonchev–Trinajstić information content (AvgIpc) is 2.39. The smallest absolute Gasteiger partial charge is 0.257 e. The molecule has 0 saturated carbocycles.